The molecular weight excluding hydrogens is 266 g/mol. The lowest BCUT2D eigenvalue weighted by atomic mass is 10.0. The van der Waals surface area contributed by atoms with Gasteiger partial charge in [-0.3, -0.25) is 4.79 Å². The number of hydrogen-bond donors (Lipinski definition) is 1. The summed E-state index contributed by atoms with van der Waals surface area (Å²) in [6, 6.07) is 8.05. The monoisotopic (exact) mass is 291 g/mol. The van der Waals surface area contributed by atoms with Gasteiger partial charge in [-0.2, -0.15) is 0 Å². The summed E-state index contributed by atoms with van der Waals surface area (Å²) in [4.78, 5) is 16.5. The Morgan fingerprint density at radius 3 is 2.62 bits per heavy atom. The molecule has 1 atom stereocenters. The number of benzene rings is 1. The van der Waals surface area contributed by atoms with Gasteiger partial charge in [-0.25, -0.2) is 0 Å². The van der Waals surface area contributed by atoms with Gasteiger partial charge in [0.2, 0.25) is 5.91 Å². The third kappa shape index (κ3) is 3.67. The number of rotatable bonds is 5. The van der Waals surface area contributed by atoms with Crippen molar-refractivity contribution in [2.45, 2.75) is 13.3 Å². The van der Waals surface area contributed by atoms with E-state index in [1.165, 1.54) is 0 Å². The summed E-state index contributed by atoms with van der Waals surface area (Å²) in [5.41, 5.74) is 6.82. The highest BCUT2D eigenvalue weighted by Crippen LogP contribution is 2.22. The van der Waals surface area contributed by atoms with Crippen LogP contribution in [0.4, 0.5) is 5.69 Å². The second-order valence-electron chi connectivity index (χ2n) is 5.35. The number of carbonyl (C=O) groups excluding carboxylic acids is 1. The molecule has 0 saturated carbocycles. The molecule has 0 aromatic heterocycles. The zero-order valence-corrected chi connectivity index (χ0v) is 12.9. The number of nitrogens with zero attached hydrogens (tertiary/aromatic N) is 2. The van der Waals surface area contributed by atoms with Crippen LogP contribution >= 0.6 is 0 Å². The fourth-order valence-electron chi connectivity index (χ4n) is 2.69. The van der Waals surface area contributed by atoms with Gasteiger partial charge < -0.3 is 20.3 Å². The van der Waals surface area contributed by atoms with E-state index in [-0.39, 0.29) is 11.8 Å². The topological polar surface area (TPSA) is 58.8 Å². The van der Waals surface area contributed by atoms with Crippen LogP contribution in [0.1, 0.15) is 13.3 Å². The molecule has 5 nitrogen and oxygen atoms in total. The highest BCUT2D eigenvalue weighted by molar-refractivity contribution is 5.79. The van der Waals surface area contributed by atoms with Crippen molar-refractivity contribution in [2.24, 2.45) is 11.7 Å². The van der Waals surface area contributed by atoms with Crippen molar-refractivity contribution in [2.75, 3.05) is 44.7 Å². The number of carbonyl (C=O) groups is 1. The summed E-state index contributed by atoms with van der Waals surface area (Å²) in [7, 11) is 1.67. The molecule has 1 aliphatic rings. The lowest BCUT2D eigenvalue weighted by Crippen LogP contribution is -2.51. The van der Waals surface area contributed by atoms with Crippen molar-refractivity contribution in [1.82, 2.24) is 4.90 Å². The molecule has 1 unspecified atom stereocenters. The van der Waals surface area contributed by atoms with Crippen LogP contribution in [0.25, 0.3) is 0 Å². The van der Waals surface area contributed by atoms with Crippen LogP contribution in [0.3, 0.4) is 0 Å². The minimum absolute atomic E-state index is 0.0339. The third-order valence-electron chi connectivity index (χ3n) is 4.14. The predicted molar refractivity (Wildman–Crippen MR) is 84.6 cm³/mol. The van der Waals surface area contributed by atoms with E-state index in [2.05, 4.69) is 11.0 Å². The van der Waals surface area contributed by atoms with Crippen molar-refractivity contribution in [3.05, 3.63) is 24.3 Å². The van der Waals surface area contributed by atoms with E-state index in [1.54, 1.807) is 7.11 Å². The summed E-state index contributed by atoms with van der Waals surface area (Å²) < 4.78 is 5.26. The number of ether oxygens (including phenoxy) is 1. The summed E-state index contributed by atoms with van der Waals surface area (Å²) in [6.45, 7) is 5.66. The van der Waals surface area contributed by atoms with Crippen LogP contribution in [0.2, 0.25) is 0 Å². The molecular formula is C16H25N3O2. The molecule has 1 amide bonds. The van der Waals surface area contributed by atoms with Gasteiger partial charge >= 0.3 is 0 Å². The normalized spacial score (nSPS) is 16.7. The minimum atomic E-state index is -0.0339. The Morgan fingerprint density at radius 1 is 1.33 bits per heavy atom. The van der Waals surface area contributed by atoms with Crippen LogP contribution in [-0.4, -0.2) is 50.6 Å². The summed E-state index contributed by atoms with van der Waals surface area (Å²) in [5.74, 6) is 1.03. The lowest BCUT2D eigenvalue weighted by molar-refractivity contribution is -0.135. The standard InChI is InChI=1S/C16H25N3O2/c1-3-13(12-17)16(20)19-9-7-18(8-10-19)14-5-4-6-15(11-14)21-2/h4-6,11,13H,3,7-10,12,17H2,1-2H3. The second-order valence-corrected chi connectivity index (χ2v) is 5.35. The Labute approximate surface area is 126 Å². The molecule has 0 spiro atoms. The van der Waals surface area contributed by atoms with Gasteiger partial charge in [0, 0.05) is 44.5 Å². The quantitative estimate of drug-likeness (QED) is 0.889. The number of hydrogen-bond acceptors (Lipinski definition) is 4. The maximum atomic E-state index is 12.3. The maximum Gasteiger partial charge on any atom is 0.227 e. The smallest absolute Gasteiger partial charge is 0.227 e. The molecule has 1 aromatic carbocycles. The Balaban J connectivity index is 1.95. The largest absolute Gasteiger partial charge is 0.497 e. The van der Waals surface area contributed by atoms with Crippen LogP contribution in [-0.2, 0) is 4.79 Å². The van der Waals surface area contributed by atoms with Crippen molar-refractivity contribution in [1.29, 1.82) is 0 Å². The Morgan fingerprint density at radius 2 is 2.05 bits per heavy atom. The Hall–Kier alpha value is -1.75. The van der Waals surface area contributed by atoms with E-state index in [0.717, 1.165) is 44.0 Å². The van der Waals surface area contributed by atoms with E-state index < -0.39 is 0 Å². The first-order valence-corrected chi connectivity index (χ1v) is 7.57. The molecule has 1 aromatic rings. The second kappa shape index (κ2) is 7.31. The van der Waals surface area contributed by atoms with E-state index >= 15 is 0 Å². The molecule has 1 fully saturated rings. The van der Waals surface area contributed by atoms with Crippen LogP contribution in [0.5, 0.6) is 5.75 Å². The number of methoxy groups -OCH3 is 1. The zero-order valence-electron chi connectivity index (χ0n) is 12.9. The fraction of sp³-hybridized carbons (Fsp3) is 0.562. The molecule has 21 heavy (non-hydrogen) atoms. The number of nitrogens with two attached hydrogens (primary N) is 1. The number of amides is 1. The van der Waals surface area contributed by atoms with Crippen LogP contribution in [0, 0.1) is 5.92 Å². The number of anilines is 1. The van der Waals surface area contributed by atoms with Crippen molar-refractivity contribution in [3.63, 3.8) is 0 Å². The van der Waals surface area contributed by atoms with E-state index in [4.69, 9.17) is 10.5 Å². The molecule has 2 rings (SSSR count). The van der Waals surface area contributed by atoms with Crippen LogP contribution < -0.4 is 15.4 Å². The third-order valence-corrected chi connectivity index (χ3v) is 4.14. The maximum absolute atomic E-state index is 12.3. The van der Waals surface area contributed by atoms with Crippen molar-refractivity contribution < 1.29 is 9.53 Å². The Bertz CT molecular complexity index is 466. The molecule has 5 heteroatoms. The van der Waals surface area contributed by atoms with Gasteiger partial charge in [-0.15, -0.1) is 0 Å². The SMILES string of the molecule is CCC(CN)C(=O)N1CCN(c2cccc(OC)c2)CC1. The molecule has 1 aliphatic heterocycles. The summed E-state index contributed by atoms with van der Waals surface area (Å²) in [6.07, 6.45) is 0.811. The van der Waals surface area contributed by atoms with Gasteiger partial charge in [0.25, 0.3) is 0 Å². The number of piperazine rings is 1. The summed E-state index contributed by atoms with van der Waals surface area (Å²) in [5, 5.41) is 0. The molecule has 0 aliphatic carbocycles. The first kappa shape index (κ1) is 15.6. The van der Waals surface area contributed by atoms with E-state index in [9.17, 15) is 4.79 Å². The van der Waals surface area contributed by atoms with Crippen molar-refractivity contribution in [3.8, 4) is 5.75 Å². The van der Waals surface area contributed by atoms with Crippen molar-refractivity contribution >= 4 is 11.6 Å². The molecule has 2 N–H and O–H groups in total. The average Bonchev–Trinajstić information content (AvgIpc) is 2.56. The highest BCUT2D eigenvalue weighted by Gasteiger charge is 2.25. The molecule has 0 radical (unpaired) electrons. The van der Waals surface area contributed by atoms with E-state index in [1.807, 2.05) is 30.0 Å². The zero-order chi connectivity index (χ0) is 15.2. The lowest BCUT2D eigenvalue weighted by Gasteiger charge is -2.37. The van der Waals surface area contributed by atoms with Gasteiger partial charge in [0.05, 0.1) is 13.0 Å². The highest BCUT2D eigenvalue weighted by atomic mass is 16.5. The van der Waals surface area contributed by atoms with Gasteiger partial charge in [-0.1, -0.05) is 13.0 Å². The molecule has 116 valence electrons. The first-order chi connectivity index (χ1) is 10.2. The van der Waals surface area contributed by atoms with Gasteiger partial charge in [0.1, 0.15) is 5.75 Å². The van der Waals surface area contributed by atoms with Gasteiger partial charge in [0.15, 0.2) is 0 Å². The fourth-order valence-corrected chi connectivity index (χ4v) is 2.69. The Kier molecular flexibility index (Phi) is 5.44. The van der Waals surface area contributed by atoms with Gasteiger partial charge in [-0.05, 0) is 18.6 Å². The molecule has 1 saturated heterocycles. The summed E-state index contributed by atoms with van der Waals surface area (Å²) >= 11 is 0. The molecule has 1 heterocycles. The van der Waals surface area contributed by atoms with Crippen LogP contribution in [0.15, 0.2) is 24.3 Å². The molecule has 0 bridgehead atoms. The predicted octanol–water partition coefficient (Wildman–Crippen LogP) is 1.33. The van der Waals surface area contributed by atoms with E-state index in [0.29, 0.717) is 6.54 Å². The minimum Gasteiger partial charge on any atom is -0.497 e. The first-order valence-electron chi connectivity index (χ1n) is 7.57. The average molecular weight is 291 g/mol.